The van der Waals surface area contributed by atoms with Crippen molar-refractivity contribution in [3.05, 3.63) is 53.6 Å². The van der Waals surface area contributed by atoms with E-state index in [1.165, 1.54) is 12.1 Å². The fourth-order valence-corrected chi connectivity index (χ4v) is 6.26. The maximum Gasteiger partial charge on any atom is 0.286 e. The van der Waals surface area contributed by atoms with Crippen LogP contribution in [0, 0.1) is 5.92 Å². The average Bonchev–Trinajstić information content (AvgIpc) is 2.76. The van der Waals surface area contributed by atoms with Gasteiger partial charge in [-0.3, -0.25) is 14.3 Å². The number of nitrogens with one attached hydrogen (secondary N) is 2. The summed E-state index contributed by atoms with van der Waals surface area (Å²) in [6, 6.07) is 10.8. The van der Waals surface area contributed by atoms with Crippen molar-refractivity contribution in [2.75, 3.05) is 16.3 Å². The molecule has 0 bridgehead atoms. The summed E-state index contributed by atoms with van der Waals surface area (Å²) >= 11 is 0. The van der Waals surface area contributed by atoms with Crippen LogP contribution in [-0.4, -0.2) is 40.5 Å². The Labute approximate surface area is 198 Å². The van der Waals surface area contributed by atoms with Gasteiger partial charge in [0, 0.05) is 11.3 Å². The maximum atomic E-state index is 13.7. The van der Waals surface area contributed by atoms with Gasteiger partial charge in [-0.15, -0.1) is 4.40 Å². The van der Waals surface area contributed by atoms with Gasteiger partial charge in [-0.1, -0.05) is 44.0 Å². The third kappa shape index (κ3) is 4.14. The van der Waals surface area contributed by atoms with E-state index in [0.717, 1.165) is 25.2 Å². The second-order valence-corrected chi connectivity index (χ2v) is 12.1. The molecule has 0 saturated heterocycles. The van der Waals surface area contributed by atoms with Crippen LogP contribution in [0.2, 0.25) is 0 Å². The molecule has 0 fully saturated rings. The van der Waals surface area contributed by atoms with Gasteiger partial charge in [0.25, 0.3) is 10.0 Å². The molecule has 2 N–H and O–H groups in total. The molecule has 1 aliphatic carbocycles. The van der Waals surface area contributed by atoms with Gasteiger partial charge in [0.1, 0.15) is 16.6 Å². The van der Waals surface area contributed by atoms with E-state index in [4.69, 9.17) is 0 Å². The van der Waals surface area contributed by atoms with Gasteiger partial charge >= 0.3 is 0 Å². The van der Waals surface area contributed by atoms with E-state index in [9.17, 15) is 26.4 Å². The largest absolute Gasteiger partial charge is 0.341 e. The lowest BCUT2D eigenvalue weighted by Gasteiger charge is -2.38. The minimum absolute atomic E-state index is 0.0520. The molecule has 4 rings (SSSR count). The van der Waals surface area contributed by atoms with Crippen molar-refractivity contribution in [3.63, 3.8) is 0 Å². The van der Waals surface area contributed by atoms with Crippen LogP contribution in [0.1, 0.15) is 49.0 Å². The maximum absolute atomic E-state index is 13.7. The van der Waals surface area contributed by atoms with Crippen molar-refractivity contribution in [2.45, 2.75) is 43.4 Å². The number of benzene rings is 2. The molecular formula is C23H25N3O6S2. The number of carbonyl (C=O) groups is 2. The predicted octanol–water partition coefficient (Wildman–Crippen LogP) is 3.10. The zero-order valence-corrected chi connectivity index (χ0v) is 20.6. The number of hydrogen-bond donors (Lipinski definition) is 2. The zero-order valence-electron chi connectivity index (χ0n) is 19.0. The molecule has 0 saturated carbocycles. The highest BCUT2D eigenvalue weighted by molar-refractivity contribution is 7.92. The molecule has 9 nitrogen and oxygen atoms in total. The molecule has 0 spiro atoms. The number of amidine groups is 1. The zero-order chi connectivity index (χ0) is 24.9. The van der Waals surface area contributed by atoms with Crippen LogP contribution in [0.5, 0.6) is 0 Å². The number of nitrogens with zero attached hydrogens (tertiary/aromatic N) is 1. The summed E-state index contributed by atoms with van der Waals surface area (Å²) in [5, 5.41) is 2.85. The van der Waals surface area contributed by atoms with Crippen LogP contribution in [0.25, 0.3) is 0 Å². The molecule has 11 heteroatoms. The Bertz CT molecular complexity index is 1450. The molecule has 180 valence electrons. The summed E-state index contributed by atoms with van der Waals surface area (Å²) in [5.41, 5.74) is 0.217. The average molecular weight is 504 g/mol. The van der Waals surface area contributed by atoms with Gasteiger partial charge in [0.2, 0.25) is 10.0 Å². The second kappa shape index (κ2) is 8.31. The number of anilines is 2. The van der Waals surface area contributed by atoms with Crippen molar-refractivity contribution < 1.29 is 26.4 Å². The summed E-state index contributed by atoms with van der Waals surface area (Å²) < 4.78 is 55.1. The molecule has 1 aliphatic heterocycles. The lowest BCUT2D eigenvalue weighted by molar-refractivity contribution is -0.125. The first-order valence-corrected chi connectivity index (χ1v) is 14.1. The number of Topliss-reactive ketones (excluding diaryl/α,β-unsaturated/α-hetero) is 2. The quantitative estimate of drug-likeness (QED) is 0.578. The van der Waals surface area contributed by atoms with Gasteiger partial charge < -0.3 is 5.32 Å². The van der Waals surface area contributed by atoms with Gasteiger partial charge in [-0.2, -0.15) is 8.42 Å². The monoisotopic (exact) mass is 503 g/mol. The minimum Gasteiger partial charge on any atom is -0.341 e. The normalized spacial score (nSPS) is 23.4. The van der Waals surface area contributed by atoms with Crippen molar-refractivity contribution in [1.29, 1.82) is 0 Å². The lowest BCUT2D eigenvalue weighted by Crippen LogP contribution is -2.51. The van der Waals surface area contributed by atoms with Crippen LogP contribution < -0.4 is 10.0 Å². The van der Waals surface area contributed by atoms with E-state index in [-0.39, 0.29) is 22.1 Å². The fourth-order valence-electron chi connectivity index (χ4n) is 4.52. The minimum atomic E-state index is -4.31. The van der Waals surface area contributed by atoms with Crippen molar-refractivity contribution in [1.82, 2.24) is 0 Å². The van der Waals surface area contributed by atoms with E-state index in [1.54, 1.807) is 31.2 Å². The molecule has 0 radical (unpaired) electrons. The van der Waals surface area contributed by atoms with E-state index in [1.807, 2.05) is 6.92 Å². The highest BCUT2D eigenvalue weighted by Crippen LogP contribution is 2.42. The van der Waals surface area contributed by atoms with Crippen LogP contribution in [0.3, 0.4) is 0 Å². The Balaban J connectivity index is 1.80. The van der Waals surface area contributed by atoms with E-state index in [0.29, 0.717) is 17.5 Å². The molecule has 2 atom stereocenters. The number of rotatable bonds is 6. The van der Waals surface area contributed by atoms with Gasteiger partial charge in [-0.05, 0) is 37.1 Å². The molecule has 0 aromatic heterocycles. The molecule has 2 aromatic rings. The van der Waals surface area contributed by atoms with Gasteiger partial charge in [0.15, 0.2) is 11.6 Å². The van der Waals surface area contributed by atoms with E-state index in [2.05, 4.69) is 14.4 Å². The van der Waals surface area contributed by atoms with Crippen LogP contribution in [0.4, 0.5) is 11.4 Å². The molecule has 2 aliphatic rings. The summed E-state index contributed by atoms with van der Waals surface area (Å²) in [6.45, 7) is 3.80. The van der Waals surface area contributed by atoms with Crippen LogP contribution in [-0.2, 0) is 30.3 Å². The topological polar surface area (TPSA) is 139 Å². The van der Waals surface area contributed by atoms with Crippen molar-refractivity contribution in [3.8, 4) is 0 Å². The third-order valence-corrected chi connectivity index (χ3v) is 8.14. The van der Waals surface area contributed by atoms with Crippen molar-refractivity contribution in [2.24, 2.45) is 10.3 Å². The van der Waals surface area contributed by atoms with Crippen molar-refractivity contribution >= 4 is 48.8 Å². The number of unbranched alkanes of at least 4 members (excludes halogenated alkanes) is 1. The van der Waals surface area contributed by atoms with Crippen LogP contribution >= 0.6 is 0 Å². The van der Waals surface area contributed by atoms with E-state index >= 15 is 0 Å². The molecule has 34 heavy (non-hydrogen) atoms. The number of ketones is 2. The Morgan fingerprint density at radius 3 is 2.53 bits per heavy atom. The van der Waals surface area contributed by atoms with Crippen LogP contribution in [0.15, 0.2) is 51.8 Å². The molecule has 1 heterocycles. The number of hydrogen-bond acceptors (Lipinski definition) is 7. The van der Waals surface area contributed by atoms with E-state index < -0.39 is 42.9 Å². The summed E-state index contributed by atoms with van der Waals surface area (Å²) in [6.07, 6.45) is 3.08. The SMILES string of the molecule is CCCCC1(C)C(=O)C(C2=NS(=O)(=O)c3cc(NS(C)(=O)=O)ccc3N2)C(=O)c2ccccc21. The second-order valence-electron chi connectivity index (χ2n) is 8.80. The molecular weight excluding hydrogens is 478 g/mol. The number of carbonyl (C=O) groups excluding carboxylic acids is 2. The number of fused-ring (bicyclic) bond motifs is 2. The molecule has 2 unspecified atom stereocenters. The summed E-state index contributed by atoms with van der Waals surface area (Å²) in [7, 11) is -7.93. The first-order chi connectivity index (χ1) is 15.9. The highest BCUT2D eigenvalue weighted by Gasteiger charge is 2.51. The Morgan fingerprint density at radius 1 is 1.15 bits per heavy atom. The Kier molecular flexibility index (Phi) is 5.89. The number of sulfonamides is 2. The smallest absolute Gasteiger partial charge is 0.286 e. The Morgan fingerprint density at radius 2 is 1.85 bits per heavy atom. The summed E-state index contributed by atoms with van der Waals surface area (Å²) in [4.78, 5) is 26.9. The highest BCUT2D eigenvalue weighted by atomic mass is 32.2. The first kappa shape index (κ1) is 24.1. The standard InChI is InChI=1S/C23H25N3O6S2/c1-4-5-12-23(2)16-9-7-6-8-15(16)20(27)19(21(23)28)22-24-17-11-10-14(25-33(3,29)30)13-18(17)34(31,32)26-22/h6-11,13,19,25H,4-5,12H2,1-3H3,(H,24,26). The Hall–Kier alpha value is -3.05. The predicted molar refractivity (Wildman–Crippen MR) is 129 cm³/mol. The first-order valence-electron chi connectivity index (χ1n) is 10.8. The summed E-state index contributed by atoms with van der Waals surface area (Å²) in [5.74, 6) is -2.54. The molecule has 2 aromatic carbocycles. The van der Waals surface area contributed by atoms with Gasteiger partial charge in [-0.25, -0.2) is 8.42 Å². The third-order valence-electron chi connectivity index (χ3n) is 6.20. The fraction of sp³-hybridized carbons (Fsp3) is 0.348. The lowest BCUT2D eigenvalue weighted by atomic mass is 9.63. The molecule has 0 amide bonds. The van der Waals surface area contributed by atoms with Gasteiger partial charge in [0.05, 0.1) is 17.4 Å².